The molecule has 0 aliphatic heterocycles. The minimum Gasteiger partial charge on any atom is -0.0651 e. The lowest BCUT2D eigenvalue weighted by atomic mass is 9.90. The van der Waals surface area contributed by atoms with Crippen LogP contribution in [0.4, 0.5) is 0 Å². The van der Waals surface area contributed by atoms with E-state index in [9.17, 15) is 0 Å². The molecule has 24 heavy (non-hydrogen) atoms. The van der Waals surface area contributed by atoms with Crippen LogP contribution >= 0.6 is 0 Å². The maximum absolute atomic E-state index is 2.40. The van der Waals surface area contributed by atoms with E-state index < -0.39 is 0 Å². The van der Waals surface area contributed by atoms with Gasteiger partial charge in [-0.05, 0) is 63.2 Å². The molecule has 0 N–H and O–H groups in total. The van der Waals surface area contributed by atoms with Gasteiger partial charge < -0.3 is 0 Å². The Labute approximate surface area is 143 Å². The van der Waals surface area contributed by atoms with Crippen molar-refractivity contribution in [2.24, 2.45) is 0 Å². The first-order valence-electron chi connectivity index (χ1n) is 8.78. The van der Waals surface area contributed by atoms with Crippen molar-refractivity contribution in [1.29, 1.82) is 0 Å². The molecule has 0 saturated heterocycles. The minimum atomic E-state index is 1.14. The zero-order valence-electron chi connectivity index (χ0n) is 14.3. The molecule has 0 nitrogen and oxygen atoms in total. The van der Waals surface area contributed by atoms with Crippen molar-refractivity contribution in [3.8, 4) is 11.1 Å². The molecule has 0 unspecified atom stereocenters. The van der Waals surface area contributed by atoms with Gasteiger partial charge in [-0.1, -0.05) is 80.1 Å². The maximum Gasteiger partial charge on any atom is -0.00267 e. The molecule has 0 spiro atoms. The maximum atomic E-state index is 2.40. The topological polar surface area (TPSA) is 0 Å². The highest BCUT2D eigenvalue weighted by molar-refractivity contribution is 6.12. The van der Waals surface area contributed by atoms with Gasteiger partial charge in [0.2, 0.25) is 0 Å². The molecule has 4 aromatic carbocycles. The van der Waals surface area contributed by atoms with Gasteiger partial charge in [0.25, 0.3) is 0 Å². The minimum absolute atomic E-state index is 1.14. The van der Waals surface area contributed by atoms with Crippen molar-refractivity contribution in [2.45, 2.75) is 26.7 Å². The van der Waals surface area contributed by atoms with E-state index in [1.165, 1.54) is 50.2 Å². The first-order valence-corrected chi connectivity index (χ1v) is 8.78. The fourth-order valence-electron chi connectivity index (χ4n) is 3.69. The Morgan fingerprint density at radius 2 is 1.33 bits per heavy atom. The van der Waals surface area contributed by atoms with Crippen LogP contribution in [-0.2, 0) is 6.42 Å². The van der Waals surface area contributed by atoms with Crippen LogP contribution in [0.5, 0.6) is 0 Å². The van der Waals surface area contributed by atoms with Gasteiger partial charge in [0, 0.05) is 0 Å². The molecule has 0 heterocycles. The van der Waals surface area contributed by atoms with Gasteiger partial charge in [-0.3, -0.25) is 0 Å². The van der Waals surface area contributed by atoms with E-state index in [1.54, 1.807) is 0 Å². The Morgan fingerprint density at radius 1 is 0.708 bits per heavy atom. The normalized spacial score (nSPS) is 11.2. The van der Waals surface area contributed by atoms with Crippen LogP contribution in [-0.4, -0.2) is 0 Å². The summed E-state index contributed by atoms with van der Waals surface area (Å²) in [6, 6.07) is 26.7. The Hall–Kier alpha value is -2.60. The molecule has 0 heteroatoms. The molecule has 0 radical (unpaired) electrons. The molecule has 0 atom stereocenters. The lowest BCUT2D eigenvalue weighted by molar-refractivity contribution is 0.913. The second kappa shape index (κ2) is 6.13. The van der Waals surface area contributed by atoms with Gasteiger partial charge in [-0.15, -0.1) is 0 Å². The summed E-state index contributed by atoms with van der Waals surface area (Å²) in [6.07, 6.45) is 2.32. The Morgan fingerprint density at radius 3 is 1.96 bits per heavy atom. The van der Waals surface area contributed by atoms with Gasteiger partial charge in [0.15, 0.2) is 0 Å². The number of benzene rings is 4. The van der Waals surface area contributed by atoms with Gasteiger partial charge in [-0.25, -0.2) is 0 Å². The summed E-state index contributed by atoms with van der Waals surface area (Å²) in [7, 11) is 0. The summed E-state index contributed by atoms with van der Waals surface area (Å²) in [5.41, 5.74) is 5.55. The Kier molecular flexibility index (Phi) is 3.82. The van der Waals surface area contributed by atoms with Crippen LogP contribution in [0.25, 0.3) is 32.7 Å². The summed E-state index contributed by atoms with van der Waals surface area (Å²) < 4.78 is 0. The number of hydrogen-bond acceptors (Lipinski definition) is 0. The van der Waals surface area contributed by atoms with Crippen molar-refractivity contribution in [2.75, 3.05) is 0 Å². The molecular formula is C24H22. The molecule has 0 aliphatic carbocycles. The molecule has 0 aliphatic rings. The number of rotatable bonds is 3. The number of fused-ring (bicyclic) bond motifs is 2. The van der Waals surface area contributed by atoms with Crippen LogP contribution < -0.4 is 0 Å². The van der Waals surface area contributed by atoms with Gasteiger partial charge in [0.1, 0.15) is 0 Å². The second-order valence-corrected chi connectivity index (χ2v) is 6.59. The van der Waals surface area contributed by atoms with E-state index in [1.807, 2.05) is 0 Å². The molecule has 0 amide bonds. The summed E-state index contributed by atoms with van der Waals surface area (Å²) in [5.74, 6) is 0. The summed E-state index contributed by atoms with van der Waals surface area (Å²) in [6.45, 7) is 4.47. The van der Waals surface area contributed by atoms with E-state index >= 15 is 0 Å². The number of hydrogen-bond donors (Lipinski definition) is 0. The third-order valence-corrected chi connectivity index (χ3v) is 4.93. The molecule has 0 bridgehead atoms. The van der Waals surface area contributed by atoms with Gasteiger partial charge in [-0.2, -0.15) is 0 Å². The van der Waals surface area contributed by atoms with Gasteiger partial charge >= 0.3 is 0 Å². The Balaban J connectivity index is 2.09. The fraction of sp³-hybridized carbons (Fsp3) is 0.167. The van der Waals surface area contributed by atoms with E-state index in [0.717, 1.165) is 6.42 Å². The smallest absolute Gasteiger partial charge is 0.00267 e. The highest BCUT2D eigenvalue weighted by Gasteiger charge is 2.10. The average molecular weight is 310 g/mol. The Bertz CT molecular complexity index is 970. The number of aryl methyl sites for hydroxylation is 2. The van der Waals surface area contributed by atoms with Crippen LogP contribution in [0.15, 0.2) is 72.8 Å². The largest absolute Gasteiger partial charge is 0.0651 e. The lowest BCUT2D eigenvalue weighted by Crippen LogP contribution is -1.91. The third-order valence-electron chi connectivity index (χ3n) is 4.93. The van der Waals surface area contributed by atoms with Crippen LogP contribution in [0, 0.1) is 6.92 Å². The van der Waals surface area contributed by atoms with Crippen molar-refractivity contribution in [3.63, 3.8) is 0 Å². The standard InChI is InChI=1S/C24H22/c1-3-8-18-15-21(14-13-17(18)2)24-22-11-6-4-9-19(22)16-20-10-5-7-12-23(20)24/h4-7,9-16H,3,8H2,1-2H3. The first kappa shape index (κ1) is 15.0. The highest BCUT2D eigenvalue weighted by Crippen LogP contribution is 2.37. The zero-order valence-corrected chi connectivity index (χ0v) is 14.3. The molecule has 0 aromatic heterocycles. The predicted molar refractivity (Wildman–Crippen MR) is 106 cm³/mol. The van der Waals surface area contributed by atoms with E-state index in [-0.39, 0.29) is 0 Å². The molecule has 0 saturated carbocycles. The van der Waals surface area contributed by atoms with Crippen molar-refractivity contribution >= 4 is 21.5 Å². The van der Waals surface area contributed by atoms with Gasteiger partial charge in [0.05, 0.1) is 0 Å². The highest BCUT2D eigenvalue weighted by atomic mass is 14.1. The predicted octanol–water partition coefficient (Wildman–Crippen LogP) is 6.92. The van der Waals surface area contributed by atoms with Crippen molar-refractivity contribution < 1.29 is 0 Å². The molecule has 4 rings (SSSR count). The zero-order chi connectivity index (χ0) is 16.5. The monoisotopic (exact) mass is 310 g/mol. The summed E-state index contributed by atoms with van der Waals surface area (Å²) in [5, 5.41) is 5.29. The van der Waals surface area contributed by atoms with Crippen LogP contribution in [0.1, 0.15) is 24.5 Å². The quantitative estimate of drug-likeness (QED) is 0.360. The van der Waals surface area contributed by atoms with Crippen molar-refractivity contribution in [1.82, 2.24) is 0 Å². The third kappa shape index (κ3) is 2.49. The average Bonchev–Trinajstić information content (AvgIpc) is 2.62. The van der Waals surface area contributed by atoms with Crippen molar-refractivity contribution in [3.05, 3.63) is 83.9 Å². The van der Waals surface area contributed by atoms with E-state index in [2.05, 4.69) is 86.6 Å². The lowest BCUT2D eigenvalue weighted by Gasteiger charge is -2.14. The second-order valence-electron chi connectivity index (χ2n) is 6.59. The summed E-state index contributed by atoms with van der Waals surface area (Å²) in [4.78, 5) is 0. The van der Waals surface area contributed by atoms with Crippen LogP contribution in [0.2, 0.25) is 0 Å². The fourth-order valence-corrected chi connectivity index (χ4v) is 3.69. The molecule has 118 valence electrons. The molecule has 4 aromatic rings. The van der Waals surface area contributed by atoms with E-state index in [4.69, 9.17) is 0 Å². The summed E-state index contributed by atoms with van der Waals surface area (Å²) >= 11 is 0. The van der Waals surface area contributed by atoms with E-state index in [0.29, 0.717) is 0 Å². The molecular weight excluding hydrogens is 288 g/mol. The SMILES string of the molecule is CCCc1cc(-c2c3ccccc3cc3ccccc23)ccc1C. The van der Waals surface area contributed by atoms with Crippen LogP contribution in [0.3, 0.4) is 0 Å². The first-order chi connectivity index (χ1) is 11.8. The molecule has 0 fully saturated rings.